The second-order valence-electron chi connectivity index (χ2n) is 8.72. The zero-order valence-electron chi connectivity index (χ0n) is 20.8. The van der Waals surface area contributed by atoms with Gasteiger partial charge in [0, 0.05) is 5.56 Å². The number of carbonyl (C=O) groups is 1. The highest BCUT2D eigenvalue weighted by Gasteiger charge is 2.02. The Kier molecular flexibility index (Phi) is 11.5. The Balaban J connectivity index is 1.19. The van der Waals surface area contributed by atoms with Crippen molar-refractivity contribution in [2.24, 2.45) is 0 Å². The second kappa shape index (κ2) is 15.4. The van der Waals surface area contributed by atoms with Crippen LogP contribution in [0, 0.1) is 5.82 Å². The topological polar surface area (TPSA) is 35.5 Å². The molecular weight excluding hydrogens is 451 g/mol. The summed E-state index contributed by atoms with van der Waals surface area (Å²) in [6.45, 7) is 5.23. The molecule has 36 heavy (non-hydrogen) atoms. The van der Waals surface area contributed by atoms with Crippen molar-refractivity contribution in [3.63, 3.8) is 0 Å². The fourth-order valence-corrected chi connectivity index (χ4v) is 3.73. The predicted octanol–water partition coefficient (Wildman–Crippen LogP) is 8.55. The minimum atomic E-state index is -0.352. The summed E-state index contributed by atoms with van der Waals surface area (Å²) < 4.78 is 24.6. The van der Waals surface area contributed by atoms with E-state index in [4.69, 9.17) is 9.47 Å². The molecule has 0 radical (unpaired) electrons. The Morgan fingerprint density at radius 3 is 1.64 bits per heavy atom. The lowest BCUT2D eigenvalue weighted by atomic mass is 10.1. The summed E-state index contributed by atoms with van der Waals surface area (Å²) >= 11 is 0. The van der Waals surface area contributed by atoms with Gasteiger partial charge in [0.15, 0.2) is 5.78 Å². The van der Waals surface area contributed by atoms with Crippen LogP contribution in [0.5, 0.6) is 11.5 Å². The highest BCUT2D eigenvalue weighted by Crippen LogP contribution is 2.16. The summed E-state index contributed by atoms with van der Waals surface area (Å²) in [7, 11) is 0. The van der Waals surface area contributed by atoms with Crippen molar-refractivity contribution >= 4 is 17.9 Å². The molecule has 0 saturated carbocycles. The largest absolute Gasteiger partial charge is 0.494 e. The summed E-state index contributed by atoms with van der Waals surface area (Å²) in [6.07, 6.45) is 13.3. The number of hydrogen-bond donors (Lipinski definition) is 0. The van der Waals surface area contributed by atoms with Crippen molar-refractivity contribution in [2.75, 3.05) is 13.2 Å². The average Bonchev–Trinajstić information content (AvgIpc) is 2.91. The van der Waals surface area contributed by atoms with E-state index in [1.165, 1.54) is 62.4 Å². The monoisotopic (exact) mass is 486 g/mol. The van der Waals surface area contributed by atoms with Gasteiger partial charge >= 0.3 is 0 Å². The van der Waals surface area contributed by atoms with Crippen LogP contribution in [0.2, 0.25) is 0 Å². The molecule has 0 fully saturated rings. The summed E-state index contributed by atoms with van der Waals surface area (Å²) in [4.78, 5) is 12.1. The number of ketones is 1. The third-order valence-electron chi connectivity index (χ3n) is 5.88. The molecule has 0 saturated heterocycles. The molecule has 3 aromatic rings. The van der Waals surface area contributed by atoms with E-state index in [0.29, 0.717) is 12.2 Å². The molecule has 0 aliphatic carbocycles. The minimum absolute atomic E-state index is 0.154. The van der Waals surface area contributed by atoms with Crippen LogP contribution in [-0.2, 0) is 0 Å². The van der Waals surface area contributed by atoms with Gasteiger partial charge in [-0.15, -0.1) is 0 Å². The first kappa shape index (κ1) is 26.9. The minimum Gasteiger partial charge on any atom is -0.494 e. The maximum Gasteiger partial charge on any atom is 0.185 e. The van der Waals surface area contributed by atoms with Gasteiger partial charge in [0.25, 0.3) is 0 Å². The van der Waals surface area contributed by atoms with Crippen molar-refractivity contribution in [1.29, 1.82) is 0 Å². The first-order valence-corrected chi connectivity index (χ1v) is 12.7. The number of ether oxygens (including phenoxy) is 2. The highest BCUT2D eigenvalue weighted by atomic mass is 19.1. The summed E-state index contributed by atoms with van der Waals surface area (Å²) in [6, 6.07) is 21.2. The summed E-state index contributed by atoms with van der Waals surface area (Å²) in [5, 5.41) is 0. The van der Waals surface area contributed by atoms with E-state index in [0.717, 1.165) is 42.1 Å². The maximum absolute atomic E-state index is 13.0. The molecule has 0 aliphatic heterocycles. The molecule has 0 spiro atoms. The molecule has 3 rings (SSSR count). The van der Waals surface area contributed by atoms with Gasteiger partial charge in [0.1, 0.15) is 17.3 Å². The average molecular weight is 487 g/mol. The van der Waals surface area contributed by atoms with Crippen LogP contribution in [0.25, 0.3) is 12.2 Å². The van der Waals surface area contributed by atoms with Crippen LogP contribution < -0.4 is 9.47 Å². The number of halogens is 1. The van der Waals surface area contributed by atoms with Crippen LogP contribution in [-0.4, -0.2) is 19.0 Å². The first-order chi connectivity index (χ1) is 17.6. The van der Waals surface area contributed by atoms with Crippen molar-refractivity contribution < 1.29 is 18.7 Å². The molecule has 0 unspecified atom stereocenters. The van der Waals surface area contributed by atoms with E-state index in [-0.39, 0.29) is 11.6 Å². The molecule has 0 atom stereocenters. The molecule has 0 N–H and O–H groups in total. The Morgan fingerprint density at radius 1 is 0.667 bits per heavy atom. The van der Waals surface area contributed by atoms with Crippen LogP contribution in [0.15, 0.2) is 85.5 Å². The van der Waals surface area contributed by atoms with Gasteiger partial charge < -0.3 is 9.47 Å². The van der Waals surface area contributed by atoms with Gasteiger partial charge in [-0.3, -0.25) is 4.79 Å². The van der Waals surface area contributed by atoms with Gasteiger partial charge in [-0.05, 0) is 78.6 Å². The zero-order valence-corrected chi connectivity index (χ0v) is 20.8. The predicted molar refractivity (Wildman–Crippen MR) is 146 cm³/mol. The first-order valence-electron chi connectivity index (χ1n) is 12.7. The Hall–Kier alpha value is -3.66. The second-order valence-corrected chi connectivity index (χ2v) is 8.72. The summed E-state index contributed by atoms with van der Waals surface area (Å²) in [5.74, 6) is 1.24. The number of allylic oxidation sites excluding steroid dienone is 1. The van der Waals surface area contributed by atoms with Gasteiger partial charge in [0.05, 0.1) is 13.2 Å². The standard InChI is InChI=1S/C32H35FO3/c1-2-26-10-19-30(20-11-26)35-24-8-6-4-3-5-7-9-25-36-31-21-12-27(13-22-31)14-23-32(34)28-15-17-29(33)18-16-28/h2,10-23H,1,3-9,24-25H2. The van der Waals surface area contributed by atoms with E-state index in [9.17, 15) is 9.18 Å². The smallest absolute Gasteiger partial charge is 0.185 e. The molecule has 3 aromatic carbocycles. The number of benzene rings is 3. The Bertz CT molecular complexity index is 1080. The zero-order chi connectivity index (χ0) is 25.4. The highest BCUT2D eigenvalue weighted by molar-refractivity contribution is 6.06. The van der Waals surface area contributed by atoms with Crippen LogP contribution in [0.1, 0.15) is 66.4 Å². The van der Waals surface area contributed by atoms with Crippen molar-refractivity contribution in [1.82, 2.24) is 0 Å². The van der Waals surface area contributed by atoms with Crippen molar-refractivity contribution in [3.05, 3.63) is 108 Å². The lowest BCUT2D eigenvalue weighted by Crippen LogP contribution is -1.98. The van der Waals surface area contributed by atoms with Crippen LogP contribution in [0.4, 0.5) is 4.39 Å². The fraction of sp³-hybridized carbons (Fsp3) is 0.281. The normalized spacial score (nSPS) is 10.9. The van der Waals surface area contributed by atoms with E-state index in [1.54, 1.807) is 6.08 Å². The quantitative estimate of drug-likeness (QED) is 0.116. The molecule has 3 nitrogen and oxygen atoms in total. The lowest BCUT2D eigenvalue weighted by molar-refractivity contribution is 0.104. The number of carbonyl (C=O) groups excluding carboxylic acids is 1. The molecular formula is C32H35FO3. The maximum atomic E-state index is 13.0. The molecule has 4 heteroatoms. The van der Waals surface area contributed by atoms with Gasteiger partial charge in [-0.25, -0.2) is 4.39 Å². The number of unbranched alkanes of at least 4 members (excludes halogenated alkanes) is 6. The van der Waals surface area contributed by atoms with Gasteiger partial charge in [0.2, 0.25) is 0 Å². The van der Waals surface area contributed by atoms with Gasteiger partial charge in [-0.1, -0.05) is 75.1 Å². The van der Waals surface area contributed by atoms with E-state index < -0.39 is 0 Å². The molecule has 0 aromatic heterocycles. The van der Waals surface area contributed by atoms with E-state index >= 15 is 0 Å². The van der Waals surface area contributed by atoms with Crippen molar-refractivity contribution in [3.8, 4) is 11.5 Å². The number of rotatable bonds is 16. The van der Waals surface area contributed by atoms with Crippen LogP contribution in [0.3, 0.4) is 0 Å². The third-order valence-corrected chi connectivity index (χ3v) is 5.88. The van der Waals surface area contributed by atoms with Gasteiger partial charge in [-0.2, -0.15) is 0 Å². The molecule has 0 amide bonds. The van der Waals surface area contributed by atoms with Crippen LogP contribution >= 0.6 is 0 Å². The lowest BCUT2D eigenvalue weighted by Gasteiger charge is -2.07. The van der Waals surface area contributed by atoms with E-state index in [1.807, 2.05) is 54.6 Å². The fourth-order valence-electron chi connectivity index (χ4n) is 3.73. The molecule has 0 bridgehead atoms. The Labute approximate surface area is 214 Å². The SMILES string of the molecule is C=Cc1ccc(OCCCCCCCCCOc2ccc(C=CC(=O)c3ccc(F)cc3)cc2)cc1. The Morgan fingerprint density at radius 2 is 1.14 bits per heavy atom. The molecule has 0 aliphatic rings. The summed E-state index contributed by atoms with van der Waals surface area (Å²) in [5.41, 5.74) is 2.48. The van der Waals surface area contributed by atoms with Crippen molar-refractivity contribution in [2.45, 2.75) is 44.9 Å². The number of hydrogen-bond acceptors (Lipinski definition) is 3. The van der Waals surface area contributed by atoms with E-state index in [2.05, 4.69) is 6.58 Å². The molecule has 188 valence electrons. The third kappa shape index (κ3) is 9.91. The molecule has 0 heterocycles.